The lowest BCUT2D eigenvalue weighted by molar-refractivity contribution is -0.146. The fourth-order valence-electron chi connectivity index (χ4n) is 5.13. The van der Waals surface area contributed by atoms with Gasteiger partial charge in [-0.2, -0.15) is 0 Å². The number of aliphatic hydroxyl groups is 1. The van der Waals surface area contributed by atoms with Crippen molar-refractivity contribution < 1.29 is 37.0 Å². The van der Waals surface area contributed by atoms with E-state index in [-0.39, 0.29) is 48.2 Å². The minimum atomic E-state index is -1.54. The van der Waals surface area contributed by atoms with Gasteiger partial charge < -0.3 is 9.84 Å². The van der Waals surface area contributed by atoms with Crippen LogP contribution in [0, 0.1) is 52.9 Å². The Balaban J connectivity index is 1.63. The summed E-state index contributed by atoms with van der Waals surface area (Å²) in [5.74, 6) is -9.57. The standard InChI is InChI=1S/C21H20F4O4S/c1-7-3-14(27)16-10(6-30-20-17(24)11(22)5-12(23)18(20)25)21(28)29-19(16)15-8(2)13(26)4-9(7)15/h5,8-10,14-16,19,27H,1,3-4,6H2,2H3/t8-,9+,10+,14+,15+,16-,19-/m1/s1. The first-order valence-corrected chi connectivity index (χ1v) is 10.6. The maximum absolute atomic E-state index is 14.0. The number of halogens is 4. The molecule has 3 aliphatic rings. The molecule has 0 radical (unpaired) electrons. The van der Waals surface area contributed by atoms with Crippen LogP contribution in [0.15, 0.2) is 23.1 Å². The molecule has 9 heteroatoms. The van der Waals surface area contributed by atoms with Crippen molar-refractivity contribution >= 4 is 23.5 Å². The lowest BCUT2D eigenvalue weighted by Gasteiger charge is -2.29. The molecule has 1 N–H and O–H groups in total. The molecule has 4 rings (SSSR count). The third-order valence-electron chi connectivity index (χ3n) is 6.67. The molecule has 1 saturated heterocycles. The molecule has 162 valence electrons. The number of benzene rings is 1. The monoisotopic (exact) mass is 444 g/mol. The summed E-state index contributed by atoms with van der Waals surface area (Å²) in [7, 11) is 0. The second-order valence-corrected chi connectivity index (χ2v) is 9.30. The Kier molecular flexibility index (Phi) is 5.47. The van der Waals surface area contributed by atoms with E-state index in [1.54, 1.807) is 6.92 Å². The van der Waals surface area contributed by atoms with Crippen molar-refractivity contribution in [1.29, 1.82) is 0 Å². The van der Waals surface area contributed by atoms with Crippen molar-refractivity contribution in [2.45, 2.75) is 36.9 Å². The van der Waals surface area contributed by atoms with Crippen LogP contribution in [0.2, 0.25) is 0 Å². The number of carbonyl (C=O) groups is 2. The van der Waals surface area contributed by atoms with E-state index >= 15 is 0 Å². The number of esters is 1. The maximum Gasteiger partial charge on any atom is 0.310 e. The Morgan fingerprint density at radius 3 is 2.40 bits per heavy atom. The zero-order chi connectivity index (χ0) is 21.9. The Morgan fingerprint density at radius 1 is 1.13 bits per heavy atom. The fraction of sp³-hybridized carbons (Fsp3) is 0.524. The molecule has 1 aliphatic heterocycles. The number of hydrogen-bond acceptors (Lipinski definition) is 5. The van der Waals surface area contributed by atoms with Crippen molar-refractivity contribution in [3.8, 4) is 0 Å². The number of ether oxygens (including phenoxy) is 1. The molecule has 3 fully saturated rings. The van der Waals surface area contributed by atoms with E-state index in [1.807, 2.05) is 0 Å². The Bertz CT molecular complexity index is 910. The van der Waals surface area contributed by atoms with Gasteiger partial charge in [0.15, 0.2) is 23.3 Å². The molecule has 1 aromatic rings. The summed E-state index contributed by atoms with van der Waals surface area (Å²) in [6, 6.07) is 0.119. The topological polar surface area (TPSA) is 63.6 Å². The molecule has 0 bridgehead atoms. The van der Waals surface area contributed by atoms with Crippen LogP contribution >= 0.6 is 11.8 Å². The lowest BCUT2D eigenvalue weighted by Crippen LogP contribution is -2.38. The van der Waals surface area contributed by atoms with Gasteiger partial charge in [-0.1, -0.05) is 19.1 Å². The van der Waals surface area contributed by atoms with Crippen LogP contribution in [-0.4, -0.2) is 34.8 Å². The Hall–Kier alpha value is -1.87. The number of fused-ring (bicyclic) bond motifs is 3. The molecule has 2 aliphatic carbocycles. The highest BCUT2D eigenvalue weighted by Crippen LogP contribution is 2.52. The van der Waals surface area contributed by atoms with Gasteiger partial charge in [-0.25, -0.2) is 17.6 Å². The molecule has 4 nitrogen and oxygen atoms in total. The highest BCUT2D eigenvalue weighted by atomic mass is 32.2. The summed E-state index contributed by atoms with van der Waals surface area (Å²) >= 11 is 0.464. The van der Waals surface area contributed by atoms with Crippen LogP contribution in [0.3, 0.4) is 0 Å². The van der Waals surface area contributed by atoms with Gasteiger partial charge in [0.25, 0.3) is 0 Å². The maximum atomic E-state index is 14.0. The molecular weight excluding hydrogens is 424 g/mol. The number of carbonyl (C=O) groups excluding carboxylic acids is 2. The molecule has 1 aromatic carbocycles. The molecule has 2 saturated carbocycles. The van der Waals surface area contributed by atoms with Gasteiger partial charge in [0.2, 0.25) is 0 Å². The molecule has 0 amide bonds. The summed E-state index contributed by atoms with van der Waals surface area (Å²) in [6.45, 7) is 5.76. The van der Waals surface area contributed by atoms with Crippen LogP contribution in [0.4, 0.5) is 17.6 Å². The summed E-state index contributed by atoms with van der Waals surface area (Å²) in [5.41, 5.74) is 0.714. The normalized spacial score (nSPS) is 35.8. The van der Waals surface area contributed by atoms with Crippen LogP contribution < -0.4 is 0 Å². The number of thioether (sulfide) groups is 1. The first-order chi connectivity index (χ1) is 14.1. The highest BCUT2D eigenvalue weighted by molar-refractivity contribution is 7.99. The zero-order valence-corrected chi connectivity index (χ0v) is 16.9. The quantitative estimate of drug-likeness (QED) is 0.254. The molecule has 0 aromatic heterocycles. The van der Waals surface area contributed by atoms with Gasteiger partial charge in [-0.15, -0.1) is 11.8 Å². The minimum Gasteiger partial charge on any atom is -0.461 e. The van der Waals surface area contributed by atoms with Crippen LogP contribution in [-0.2, 0) is 14.3 Å². The van der Waals surface area contributed by atoms with Crippen LogP contribution in [0.25, 0.3) is 0 Å². The lowest BCUT2D eigenvalue weighted by atomic mass is 9.77. The predicted octanol–water partition coefficient (Wildman–Crippen LogP) is 3.66. The van der Waals surface area contributed by atoms with Crippen molar-refractivity contribution in [2.75, 3.05) is 5.75 Å². The molecule has 0 unspecified atom stereocenters. The van der Waals surface area contributed by atoms with Crippen molar-refractivity contribution in [3.05, 3.63) is 41.5 Å². The van der Waals surface area contributed by atoms with E-state index in [0.29, 0.717) is 17.3 Å². The first-order valence-electron chi connectivity index (χ1n) is 9.66. The number of Topliss-reactive ketones (excluding diaryl/α,β-unsaturated/α-hetero) is 1. The molecule has 0 spiro atoms. The third kappa shape index (κ3) is 3.26. The minimum absolute atomic E-state index is 0.0366. The Morgan fingerprint density at radius 2 is 1.77 bits per heavy atom. The van der Waals surface area contributed by atoms with Crippen LogP contribution in [0.1, 0.15) is 19.8 Å². The van der Waals surface area contributed by atoms with Gasteiger partial charge >= 0.3 is 5.97 Å². The third-order valence-corrected chi connectivity index (χ3v) is 7.84. The number of aliphatic hydroxyl groups excluding tert-OH is 1. The summed E-state index contributed by atoms with van der Waals surface area (Å²) < 4.78 is 60.5. The number of ketones is 1. The SMILES string of the molecule is C=C1C[C@H](O)[C@@H]2[C@H](OC(=O)[C@H]2CSc2c(F)c(F)cc(F)c2F)[C@H]2[C@H](C)C(=O)C[C@@H]12. The number of hydrogen-bond donors (Lipinski definition) is 1. The molecule has 1 heterocycles. The molecule has 7 atom stereocenters. The smallest absolute Gasteiger partial charge is 0.310 e. The van der Waals surface area contributed by atoms with Crippen molar-refractivity contribution in [3.63, 3.8) is 0 Å². The first kappa shape index (κ1) is 21.4. The average Bonchev–Trinajstić information content (AvgIpc) is 3.13. The van der Waals surface area contributed by atoms with Gasteiger partial charge in [-0.05, 0) is 12.3 Å². The van der Waals surface area contributed by atoms with Crippen molar-refractivity contribution in [2.24, 2.45) is 29.6 Å². The van der Waals surface area contributed by atoms with Crippen molar-refractivity contribution in [1.82, 2.24) is 0 Å². The molecular formula is C21H20F4O4S. The second-order valence-electron chi connectivity index (χ2n) is 8.27. The van der Waals surface area contributed by atoms with E-state index in [1.165, 1.54) is 0 Å². The summed E-state index contributed by atoms with van der Waals surface area (Å²) in [5, 5.41) is 10.8. The van der Waals surface area contributed by atoms with Gasteiger partial charge in [0.1, 0.15) is 11.9 Å². The van der Waals surface area contributed by atoms with Gasteiger partial charge in [0, 0.05) is 36.0 Å². The van der Waals surface area contributed by atoms with Gasteiger partial charge in [0.05, 0.1) is 16.9 Å². The zero-order valence-electron chi connectivity index (χ0n) is 16.0. The number of rotatable bonds is 3. The molecule has 30 heavy (non-hydrogen) atoms. The second kappa shape index (κ2) is 7.67. The summed E-state index contributed by atoms with van der Waals surface area (Å²) in [4.78, 5) is 24.0. The average molecular weight is 444 g/mol. The van der Waals surface area contributed by atoms with E-state index in [9.17, 15) is 32.3 Å². The predicted molar refractivity (Wildman–Crippen MR) is 99.4 cm³/mol. The van der Waals surface area contributed by atoms with E-state index in [4.69, 9.17) is 4.74 Å². The summed E-state index contributed by atoms with van der Waals surface area (Å²) in [6.07, 6.45) is -1.28. The van der Waals surface area contributed by atoms with E-state index in [0.717, 1.165) is 0 Å². The fourth-order valence-corrected chi connectivity index (χ4v) is 6.28. The van der Waals surface area contributed by atoms with E-state index < -0.39 is 58.2 Å². The largest absolute Gasteiger partial charge is 0.461 e. The Labute approximate surface area is 174 Å². The van der Waals surface area contributed by atoms with Crippen LogP contribution in [0.5, 0.6) is 0 Å². The van der Waals surface area contributed by atoms with Gasteiger partial charge in [-0.3, -0.25) is 9.59 Å². The van der Waals surface area contributed by atoms with E-state index in [2.05, 4.69) is 6.58 Å². The highest BCUT2D eigenvalue weighted by Gasteiger charge is 2.58.